The van der Waals surface area contributed by atoms with E-state index in [4.69, 9.17) is 0 Å². The van der Waals surface area contributed by atoms with Crippen molar-refractivity contribution in [3.63, 3.8) is 0 Å². The Morgan fingerprint density at radius 1 is 1.27 bits per heavy atom. The summed E-state index contributed by atoms with van der Waals surface area (Å²) in [6.07, 6.45) is 6.16. The maximum atomic E-state index is 12.0. The third-order valence-electron chi connectivity index (χ3n) is 3.96. The van der Waals surface area contributed by atoms with Crippen molar-refractivity contribution in [2.45, 2.75) is 17.7 Å². The van der Waals surface area contributed by atoms with Crippen LogP contribution in [-0.4, -0.2) is 26.6 Å². The molecule has 2 N–H and O–H groups in total. The molecule has 2 aliphatic rings. The number of hydrazone groups is 1. The van der Waals surface area contributed by atoms with E-state index >= 15 is 0 Å². The monoisotopic (exact) mass is 319 g/mol. The zero-order valence-corrected chi connectivity index (χ0v) is 12.7. The third kappa shape index (κ3) is 3.10. The van der Waals surface area contributed by atoms with Crippen molar-refractivity contribution in [1.29, 1.82) is 0 Å². The average Bonchev–Trinajstić information content (AvgIpc) is 2.88. The van der Waals surface area contributed by atoms with Gasteiger partial charge in [0.2, 0.25) is 10.0 Å². The van der Waals surface area contributed by atoms with Crippen molar-refractivity contribution in [2.75, 3.05) is 6.54 Å². The van der Waals surface area contributed by atoms with Gasteiger partial charge in [-0.25, -0.2) is 18.6 Å². The Labute approximate surface area is 129 Å². The molecule has 0 radical (unpaired) electrons. The van der Waals surface area contributed by atoms with Gasteiger partial charge in [0, 0.05) is 11.6 Å². The van der Waals surface area contributed by atoms with Gasteiger partial charge in [-0.05, 0) is 30.9 Å². The molecule has 0 unspecified atom stereocenters. The summed E-state index contributed by atoms with van der Waals surface area (Å²) in [6, 6.07) is 7.93. The van der Waals surface area contributed by atoms with Crippen LogP contribution < -0.4 is 10.1 Å². The van der Waals surface area contributed by atoms with E-state index < -0.39 is 15.9 Å². The first-order valence-electron chi connectivity index (χ1n) is 7.13. The molecule has 1 amide bonds. The van der Waals surface area contributed by atoms with Gasteiger partial charge in [-0.1, -0.05) is 30.4 Å². The molecule has 1 aromatic carbocycles. The highest BCUT2D eigenvalue weighted by Crippen LogP contribution is 2.39. The Kier molecular flexibility index (Phi) is 4.08. The molecule has 22 heavy (non-hydrogen) atoms. The van der Waals surface area contributed by atoms with Crippen LogP contribution in [0.1, 0.15) is 12.8 Å². The molecule has 0 saturated heterocycles. The second kappa shape index (κ2) is 6.02. The molecule has 116 valence electrons. The van der Waals surface area contributed by atoms with Crippen LogP contribution in [0.5, 0.6) is 0 Å². The lowest BCUT2D eigenvalue weighted by molar-refractivity contribution is -0.119. The molecule has 0 aliphatic heterocycles. The minimum Gasteiger partial charge on any atom is -0.272 e. The molecule has 1 saturated carbocycles. The van der Waals surface area contributed by atoms with Gasteiger partial charge < -0.3 is 0 Å². The summed E-state index contributed by atoms with van der Waals surface area (Å²) in [5.74, 6) is 0.509. The topological polar surface area (TPSA) is 87.6 Å². The fraction of sp³-hybridized carbons (Fsp3) is 0.333. The van der Waals surface area contributed by atoms with Crippen molar-refractivity contribution in [1.82, 2.24) is 10.1 Å². The van der Waals surface area contributed by atoms with Crippen molar-refractivity contribution in [3.05, 3.63) is 42.5 Å². The van der Waals surface area contributed by atoms with Crippen LogP contribution in [0.3, 0.4) is 0 Å². The molecule has 2 atom stereocenters. The standard InChI is InChI=1S/C15H17N3O3S/c19-15(18-17-14-9-11-5-4-8-13(11)14)10-16-22(20,21)12-6-2-1-3-7-12/h1-7,11,13,16H,8-10H2,(H,18,19)/b17-14-/t11-,13+/m1/s1. The molecule has 7 heteroatoms. The SMILES string of the molecule is O=C(CNS(=O)(=O)c1ccccc1)N/N=C1/C[C@H]2C=CC[C@H]12. The van der Waals surface area contributed by atoms with E-state index in [0.717, 1.165) is 18.6 Å². The van der Waals surface area contributed by atoms with E-state index in [1.165, 1.54) is 12.1 Å². The van der Waals surface area contributed by atoms with E-state index in [-0.39, 0.29) is 11.4 Å². The number of nitrogens with one attached hydrogen (secondary N) is 2. The first-order chi connectivity index (χ1) is 10.6. The summed E-state index contributed by atoms with van der Waals surface area (Å²) in [7, 11) is -3.67. The first-order valence-corrected chi connectivity index (χ1v) is 8.61. The van der Waals surface area contributed by atoms with Crippen LogP contribution in [-0.2, 0) is 14.8 Å². The second-order valence-corrected chi connectivity index (χ2v) is 7.18. The summed E-state index contributed by atoms with van der Waals surface area (Å²) < 4.78 is 26.2. The van der Waals surface area contributed by atoms with Gasteiger partial charge in [-0.3, -0.25) is 4.79 Å². The Morgan fingerprint density at radius 2 is 2.05 bits per heavy atom. The Morgan fingerprint density at radius 3 is 2.77 bits per heavy atom. The largest absolute Gasteiger partial charge is 0.272 e. The predicted molar refractivity (Wildman–Crippen MR) is 82.6 cm³/mol. The molecular formula is C15H17N3O3S. The van der Waals surface area contributed by atoms with Gasteiger partial charge in [-0.2, -0.15) is 5.10 Å². The number of carbonyl (C=O) groups is 1. The normalized spacial score (nSPS) is 24.8. The van der Waals surface area contributed by atoms with E-state index in [9.17, 15) is 13.2 Å². The quantitative estimate of drug-likeness (QED) is 0.628. The lowest BCUT2D eigenvalue weighted by Crippen LogP contribution is -2.38. The van der Waals surface area contributed by atoms with E-state index in [2.05, 4.69) is 27.4 Å². The molecular weight excluding hydrogens is 302 g/mol. The zero-order valence-electron chi connectivity index (χ0n) is 11.9. The molecule has 0 spiro atoms. The molecule has 3 rings (SSSR count). The van der Waals surface area contributed by atoms with E-state index in [1.807, 2.05) is 0 Å². The third-order valence-corrected chi connectivity index (χ3v) is 5.38. The highest BCUT2D eigenvalue weighted by molar-refractivity contribution is 7.89. The number of amides is 1. The number of rotatable bonds is 5. The van der Waals surface area contributed by atoms with Gasteiger partial charge in [0.1, 0.15) is 0 Å². The number of allylic oxidation sites excluding steroid dienone is 2. The van der Waals surface area contributed by atoms with Gasteiger partial charge in [0.05, 0.1) is 11.4 Å². The Balaban J connectivity index is 1.50. The molecule has 0 bridgehead atoms. The smallest absolute Gasteiger partial charge is 0.255 e. The number of nitrogens with zero attached hydrogens (tertiary/aromatic N) is 1. The summed E-state index contributed by atoms with van der Waals surface area (Å²) in [4.78, 5) is 11.8. The predicted octanol–water partition coefficient (Wildman–Crippen LogP) is 1.03. The fourth-order valence-electron chi connectivity index (χ4n) is 2.68. The van der Waals surface area contributed by atoms with Gasteiger partial charge in [0.15, 0.2) is 0 Å². The second-order valence-electron chi connectivity index (χ2n) is 5.41. The lowest BCUT2D eigenvalue weighted by atomic mass is 9.74. The average molecular weight is 319 g/mol. The van der Waals surface area contributed by atoms with E-state index in [0.29, 0.717) is 11.8 Å². The van der Waals surface area contributed by atoms with Crippen molar-refractivity contribution >= 4 is 21.6 Å². The Bertz CT molecular complexity index is 726. The minimum atomic E-state index is -3.67. The van der Waals surface area contributed by atoms with Gasteiger partial charge in [0.25, 0.3) is 5.91 Å². The number of fused-ring (bicyclic) bond motifs is 1. The first kappa shape index (κ1) is 14.9. The highest BCUT2D eigenvalue weighted by Gasteiger charge is 2.37. The lowest BCUT2D eigenvalue weighted by Gasteiger charge is -2.31. The minimum absolute atomic E-state index is 0.132. The maximum absolute atomic E-state index is 12.0. The maximum Gasteiger partial charge on any atom is 0.255 e. The van der Waals surface area contributed by atoms with Crippen molar-refractivity contribution in [3.8, 4) is 0 Å². The van der Waals surface area contributed by atoms with E-state index in [1.54, 1.807) is 18.2 Å². The van der Waals surface area contributed by atoms with Crippen LogP contribution in [0, 0.1) is 11.8 Å². The van der Waals surface area contributed by atoms with Gasteiger partial charge >= 0.3 is 0 Å². The summed E-state index contributed by atoms with van der Waals surface area (Å²) in [5.41, 5.74) is 3.40. The number of hydrogen-bond donors (Lipinski definition) is 2. The molecule has 6 nitrogen and oxygen atoms in total. The zero-order chi connectivity index (χ0) is 15.6. The summed E-state index contributed by atoms with van der Waals surface area (Å²) >= 11 is 0. The molecule has 0 heterocycles. The molecule has 1 fully saturated rings. The van der Waals surface area contributed by atoms with Gasteiger partial charge in [-0.15, -0.1) is 0 Å². The van der Waals surface area contributed by atoms with Crippen LogP contribution >= 0.6 is 0 Å². The van der Waals surface area contributed by atoms with Crippen molar-refractivity contribution < 1.29 is 13.2 Å². The Hall–Kier alpha value is -1.99. The van der Waals surface area contributed by atoms with Crippen LogP contribution in [0.15, 0.2) is 52.5 Å². The van der Waals surface area contributed by atoms with Crippen LogP contribution in [0.2, 0.25) is 0 Å². The fourth-order valence-corrected chi connectivity index (χ4v) is 3.68. The van der Waals surface area contributed by atoms with Crippen LogP contribution in [0.4, 0.5) is 0 Å². The summed E-state index contributed by atoms with van der Waals surface area (Å²) in [6.45, 7) is -0.333. The summed E-state index contributed by atoms with van der Waals surface area (Å²) in [5, 5.41) is 4.09. The van der Waals surface area contributed by atoms with Crippen molar-refractivity contribution in [2.24, 2.45) is 16.9 Å². The number of carbonyl (C=O) groups excluding carboxylic acids is 1. The molecule has 0 aromatic heterocycles. The van der Waals surface area contributed by atoms with Crippen LogP contribution in [0.25, 0.3) is 0 Å². The number of hydrogen-bond acceptors (Lipinski definition) is 4. The number of benzene rings is 1. The molecule has 1 aromatic rings. The number of sulfonamides is 1. The highest BCUT2D eigenvalue weighted by atomic mass is 32.2. The molecule has 2 aliphatic carbocycles.